The first-order chi connectivity index (χ1) is 5.91. The van der Waals surface area contributed by atoms with Crippen molar-refractivity contribution in [1.82, 2.24) is 10.2 Å². The van der Waals surface area contributed by atoms with E-state index in [1.54, 1.807) is 20.9 Å². The van der Waals surface area contributed by atoms with Crippen LogP contribution in [0.4, 0.5) is 0 Å². The molecule has 1 saturated heterocycles. The Hall–Kier alpha value is -1.06. The number of amides is 2. The van der Waals surface area contributed by atoms with Gasteiger partial charge in [0.1, 0.15) is 11.6 Å². The summed E-state index contributed by atoms with van der Waals surface area (Å²) in [5, 5.41) is 2.71. The van der Waals surface area contributed by atoms with E-state index in [4.69, 9.17) is 0 Å². The van der Waals surface area contributed by atoms with Crippen LogP contribution in [0.2, 0.25) is 0 Å². The van der Waals surface area contributed by atoms with Crippen molar-refractivity contribution in [3.8, 4) is 0 Å². The smallest absolute Gasteiger partial charge is 0.246 e. The topological polar surface area (TPSA) is 49.4 Å². The van der Waals surface area contributed by atoms with Crippen molar-refractivity contribution >= 4 is 11.8 Å². The minimum absolute atomic E-state index is 0.00731. The van der Waals surface area contributed by atoms with Crippen LogP contribution in [0.3, 0.4) is 0 Å². The molecule has 0 aromatic carbocycles. The van der Waals surface area contributed by atoms with E-state index in [9.17, 15) is 9.59 Å². The molecule has 0 aromatic heterocycles. The first-order valence-corrected chi connectivity index (χ1v) is 4.50. The molecule has 0 bridgehead atoms. The molecule has 4 nitrogen and oxygen atoms in total. The standard InChI is InChI=1S/C9H16N2O2/c1-5-6-7(12)11(4)9(2,3)8(13)10-6/h6H,5H2,1-4H3,(H,10,13). The molecule has 0 spiro atoms. The van der Waals surface area contributed by atoms with E-state index in [1.807, 2.05) is 6.92 Å². The van der Waals surface area contributed by atoms with Crippen LogP contribution in [0.1, 0.15) is 27.2 Å². The zero-order valence-electron chi connectivity index (χ0n) is 8.55. The lowest BCUT2D eigenvalue weighted by molar-refractivity contribution is -0.153. The summed E-state index contributed by atoms with van der Waals surface area (Å²) >= 11 is 0. The van der Waals surface area contributed by atoms with Crippen molar-refractivity contribution in [2.45, 2.75) is 38.8 Å². The van der Waals surface area contributed by atoms with Crippen molar-refractivity contribution in [3.05, 3.63) is 0 Å². The highest BCUT2D eigenvalue weighted by atomic mass is 16.2. The molecule has 1 heterocycles. The number of hydrogen-bond acceptors (Lipinski definition) is 2. The lowest BCUT2D eigenvalue weighted by Crippen LogP contribution is -2.66. The van der Waals surface area contributed by atoms with Gasteiger partial charge in [-0.3, -0.25) is 9.59 Å². The average molecular weight is 184 g/mol. The molecule has 1 N–H and O–H groups in total. The molecular formula is C9H16N2O2. The highest BCUT2D eigenvalue weighted by molar-refractivity contribution is 5.99. The van der Waals surface area contributed by atoms with E-state index in [-0.39, 0.29) is 17.9 Å². The van der Waals surface area contributed by atoms with Crippen LogP contribution < -0.4 is 5.32 Å². The summed E-state index contributed by atoms with van der Waals surface area (Å²) in [4.78, 5) is 24.7. The highest BCUT2D eigenvalue weighted by Crippen LogP contribution is 2.19. The van der Waals surface area contributed by atoms with Crippen LogP contribution in [-0.2, 0) is 9.59 Å². The minimum Gasteiger partial charge on any atom is -0.342 e. The number of nitrogens with zero attached hydrogens (tertiary/aromatic N) is 1. The van der Waals surface area contributed by atoms with E-state index >= 15 is 0 Å². The summed E-state index contributed by atoms with van der Waals surface area (Å²) in [7, 11) is 1.67. The van der Waals surface area contributed by atoms with Crippen molar-refractivity contribution in [2.75, 3.05) is 7.05 Å². The summed E-state index contributed by atoms with van der Waals surface area (Å²) in [6.07, 6.45) is 0.644. The Bertz CT molecular complexity index is 248. The maximum absolute atomic E-state index is 11.6. The predicted octanol–water partition coefficient (Wildman–Crippen LogP) is 0.132. The summed E-state index contributed by atoms with van der Waals surface area (Å²) < 4.78 is 0. The summed E-state index contributed by atoms with van der Waals surface area (Å²) in [6, 6.07) is -0.342. The second-order valence-electron chi connectivity index (χ2n) is 3.89. The number of rotatable bonds is 1. The third kappa shape index (κ3) is 1.41. The van der Waals surface area contributed by atoms with Gasteiger partial charge >= 0.3 is 0 Å². The minimum atomic E-state index is -0.719. The number of hydrogen-bond donors (Lipinski definition) is 1. The Labute approximate surface area is 78.3 Å². The fraction of sp³-hybridized carbons (Fsp3) is 0.778. The number of likely N-dealkylation sites (N-methyl/N-ethyl adjacent to an activating group) is 1. The monoisotopic (exact) mass is 184 g/mol. The van der Waals surface area contributed by atoms with Crippen LogP contribution in [0.25, 0.3) is 0 Å². The average Bonchev–Trinajstić information content (AvgIpc) is 2.09. The second kappa shape index (κ2) is 3.01. The van der Waals surface area contributed by atoms with Crippen molar-refractivity contribution in [3.63, 3.8) is 0 Å². The highest BCUT2D eigenvalue weighted by Gasteiger charge is 2.43. The van der Waals surface area contributed by atoms with Gasteiger partial charge in [0.05, 0.1) is 0 Å². The van der Waals surface area contributed by atoms with Gasteiger partial charge in [0.25, 0.3) is 0 Å². The molecule has 1 atom stereocenters. The van der Waals surface area contributed by atoms with Crippen LogP contribution in [0.15, 0.2) is 0 Å². The van der Waals surface area contributed by atoms with Crippen LogP contribution in [0, 0.1) is 0 Å². The number of carbonyl (C=O) groups is 2. The Kier molecular flexibility index (Phi) is 2.32. The van der Waals surface area contributed by atoms with E-state index < -0.39 is 5.54 Å². The van der Waals surface area contributed by atoms with Crippen LogP contribution in [-0.4, -0.2) is 35.3 Å². The molecular weight excluding hydrogens is 168 g/mol. The van der Waals surface area contributed by atoms with Gasteiger partial charge in [0.2, 0.25) is 11.8 Å². The van der Waals surface area contributed by atoms with Gasteiger partial charge in [0.15, 0.2) is 0 Å². The lowest BCUT2D eigenvalue weighted by Gasteiger charge is -2.41. The van der Waals surface area contributed by atoms with Gasteiger partial charge in [-0.25, -0.2) is 0 Å². The largest absolute Gasteiger partial charge is 0.342 e. The maximum atomic E-state index is 11.6. The van der Waals surface area contributed by atoms with E-state index in [2.05, 4.69) is 5.32 Å². The zero-order valence-corrected chi connectivity index (χ0v) is 8.55. The molecule has 1 aliphatic rings. The molecule has 1 rings (SSSR count). The third-order valence-electron chi connectivity index (χ3n) is 2.74. The molecule has 1 unspecified atom stereocenters. The van der Waals surface area contributed by atoms with Crippen molar-refractivity contribution < 1.29 is 9.59 Å². The molecule has 0 aliphatic carbocycles. The van der Waals surface area contributed by atoms with Crippen LogP contribution >= 0.6 is 0 Å². The van der Waals surface area contributed by atoms with E-state index in [0.717, 1.165) is 0 Å². The molecule has 13 heavy (non-hydrogen) atoms. The molecule has 1 aliphatic heterocycles. The second-order valence-corrected chi connectivity index (χ2v) is 3.89. The SMILES string of the molecule is CCC1NC(=O)C(C)(C)N(C)C1=O. The number of carbonyl (C=O) groups excluding carboxylic acids is 2. The number of piperazine rings is 1. The number of nitrogens with one attached hydrogen (secondary N) is 1. The molecule has 0 saturated carbocycles. The maximum Gasteiger partial charge on any atom is 0.246 e. The van der Waals surface area contributed by atoms with Gasteiger partial charge in [-0.05, 0) is 20.3 Å². The summed E-state index contributed by atoms with van der Waals surface area (Å²) in [6.45, 7) is 5.37. The van der Waals surface area contributed by atoms with Crippen molar-refractivity contribution in [1.29, 1.82) is 0 Å². The van der Waals surface area contributed by atoms with Crippen LogP contribution in [0.5, 0.6) is 0 Å². The van der Waals surface area contributed by atoms with Gasteiger partial charge in [-0.15, -0.1) is 0 Å². The normalized spacial score (nSPS) is 27.4. The van der Waals surface area contributed by atoms with Crippen molar-refractivity contribution in [2.24, 2.45) is 0 Å². The Morgan fingerprint density at radius 1 is 1.46 bits per heavy atom. The first kappa shape index (κ1) is 10.0. The Morgan fingerprint density at radius 2 is 2.00 bits per heavy atom. The predicted molar refractivity (Wildman–Crippen MR) is 49.1 cm³/mol. The zero-order chi connectivity index (χ0) is 10.2. The quantitative estimate of drug-likeness (QED) is 0.630. The third-order valence-corrected chi connectivity index (χ3v) is 2.74. The molecule has 2 amide bonds. The van der Waals surface area contributed by atoms with E-state index in [1.165, 1.54) is 4.90 Å². The van der Waals surface area contributed by atoms with Gasteiger partial charge in [-0.2, -0.15) is 0 Å². The summed E-state index contributed by atoms with van der Waals surface area (Å²) in [5.41, 5.74) is -0.719. The molecule has 4 heteroatoms. The fourth-order valence-electron chi connectivity index (χ4n) is 1.33. The van der Waals surface area contributed by atoms with Gasteiger partial charge in [-0.1, -0.05) is 6.92 Å². The van der Waals surface area contributed by atoms with E-state index in [0.29, 0.717) is 6.42 Å². The van der Waals surface area contributed by atoms with Gasteiger partial charge < -0.3 is 10.2 Å². The summed E-state index contributed by atoms with van der Waals surface area (Å²) in [5.74, 6) is -0.0893. The molecule has 0 aromatic rings. The van der Waals surface area contributed by atoms with Gasteiger partial charge in [0, 0.05) is 7.05 Å². The fourth-order valence-corrected chi connectivity index (χ4v) is 1.33. The molecule has 1 fully saturated rings. The first-order valence-electron chi connectivity index (χ1n) is 4.50. The Balaban J connectivity index is 2.92. The molecule has 74 valence electrons. The Morgan fingerprint density at radius 3 is 2.46 bits per heavy atom. The lowest BCUT2D eigenvalue weighted by atomic mass is 9.96. The molecule has 0 radical (unpaired) electrons.